The van der Waals surface area contributed by atoms with E-state index in [0.29, 0.717) is 13.0 Å². The van der Waals surface area contributed by atoms with Crippen molar-refractivity contribution in [1.82, 2.24) is 0 Å². The molecular weight excluding hydrogens is 264 g/mol. The summed E-state index contributed by atoms with van der Waals surface area (Å²) in [6.45, 7) is 2.27. The van der Waals surface area contributed by atoms with Crippen molar-refractivity contribution in [2.75, 3.05) is 18.6 Å². The third-order valence-corrected chi connectivity index (χ3v) is 3.70. The zero-order chi connectivity index (χ0) is 14.3. The highest BCUT2D eigenvalue weighted by Gasteiger charge is 2.20. The van der Waals surface area contributed by atoms with Crippen LogP contribution in [0.1, 0.15) is 31.4 Å². The molecule has 106 valence electrons. The van der Waals surface area contributed by atoms with Gasteiger partial charge in [-0.25, -0.2) is 8.42 Å². The van der Waals surface area contributed by atoms with Gasteiger partial charge in [0.1, 0.15) is 15.9 Å². The molecule has 0 aliphatic rings. The van der Waals surface area contributed by atoms with E-state index in [1.807, 2.05) is 37.3 Å². The van der Waals surface area contributed by atoms with E-state index < -0.39 is 15.9 Å². The number of sulfone groups is 1. The summed E-state index contributed by atoms with van der Waals surface area (Å²) in [7, 11) is -3.02. The lowest BCUT2D eigenvalue weighted by atomic mass is 10.0. The van der Waals surface area contributed by atoms with Crippen LogP contribution in [0, 0.1) is 0 Å². The Morgan fingerprint density at radius 1 is 1.26 bits per heavy atom. The highest BCUT2D eigenvalue weighted by molar-refractivity contribution is 7.90. The van der Waals surface area contributed by atoms with E-state index in [-0.39, 0.29) is 18.0 Å². The van der Waals surface area contributed by atoms with Gasteiger partial charge in [-0.15, -0.1) is 0 Å². The molecule has 0 aliphatic heterocycles. The largest absolute Gasteiger partial charge is 0.366 e. The van der Waals surface area contributed by atoms with Crippen LogP contribution in [0.15, 0.2) is 30.3 Å². The first-order chi connectivity index (χ1) is 8.94. The number of rotatable bonds is 8. The van der Waals surface area contributed by atoms with E-state index >= 15 is 0 Å². The first kappa shape index (κ1) is 15.9. The minimum atomic E-state index is -3.02. The van der Waals surface area contributed by atoms with Crippen LogP contribution in [0.3, 0.4) is 0 Å². The summed E-state index contributed by atoms with van der Waals surface area (Å²) in [6.07, 6.45) is 1.14. The maximum absolute atomic E-state index is 12.1. The van der Waals surface area contributed by atoms with Crippen molar-refractivity contribution >= 4 is 15.6 Å². The van der Waals surface area contributed by atoms with E-state index in [2.05, 4.69) is 0 Å². The molecule has 0 N–H and O–H groups in total. The topological polar surface area (TPSA) is 60.4 Å². The van der Waals surface area contributed by atoms with Crippen LogP contribution in [-0.2, 0) is 19.4 Å². The van der Waals surface area contributed by atoms with Crippen LogP contribution < -0.4 is 0 Å². The molecule has 1 unspecified atom stereocenters. The summed E-state index contributed by atoms with van der Waals surface area (Å²) < 4.78 is 27.5. The van der Waals surface area contributed by atoms with Crippen LogP contribution in [0.25, 0.3) is 0 Å². The third kappa shape index (κ3) is 5.98. The van der Waals surface area contributed by atoms with Crippen LogP contribution in [-0.4, -0.2) is 32.8 Å². The van der Waals surface area contributed by atoms with E-state index in [1.165, 1.54) is 6.26 Å². The van der Waals surface area contributed by atoms with Crippen molar-refractivity contribution in [3.63, 3.8) is 0 Å². The molecule has 0 spiro atoms. The first-order valence-electron chi connectivity index (χ1n) is 6.31. The maximum atomic E-state index is 12.1. The molecule has 5 heteroatoms. The normalized spacial score (nSPS) is 13.2. The van der Waals surface area contributed by atoms with Gasteiger partial charge in [0.05, 0.1) is 5.75 Å². The monoisotopic (exact) mass is 284 g/mol. The van der Waals surface area contributed by atoms with Crippen LogP contribution in [0.4, 0.5) is 0 Å². The lowest BCUT2D eigenvalue weighted by molar-refractivity contribution is -0.130. The molecule has 19 heavy (non-hydrogen) atoms. The molecule has 1 atom stereocenters. The standard InChI is InChI=1S/C14H20O4S/c1-3-18-14(12-8-5-4-6-9-12)13(15)10-7-11-19(2,16)17/h4-6,8-9,14H,3,7,10-11H2,1-2H3. The number of ketones is 1. The molecular formula is C14H20O4S. The second-order valence-electron chi connectivity index (χ2n) is 4.45. The summed E-state index contributed by atoms with van der Waals surface area (Å²) in [5.41, 5.74) is 0.814. The van der Waals surface area contributed by atoms with Gasteiger partial charge in [-0.1, -0.05) is 30.3 Å². The predicted molar refractivity (Wildman–Crippen MR) is 74.8 cm³/mol. The lowest BCUT2D eigenvalue weighted by Crippen LogP contribution is -2.17. The molecule has 0 radical (unpaired) electrons. The van der Waals surface area contributed by atoms with Gasteiger partial charge < -0.3 is 4.74 Å². The Morgan fingerprint density at radius 3 is 2.42 bits per heavy atom. The smallest absolute Gasteiger partial charge is 0.166 e. The second-order valence-corrected chi connectivity index (χ2v) is 6.71. The summed E-state index contributed by atoms with van der Waals surface area (Å²) in [5, 5.41) is 0. The summed E-state index contributed by atoms with van der Waals surface area (Å²) in [6, 6.07) is 9.26. The Balaban J connectivity index is 2.64. The molecule has 1 aromatic carbocycles. The molecule has 1 rings (SSSR count). The Labute approximate surface area is 114 Å². The van der Waals surface area contributed by atoms with Crippen molar-refractivity contribution < 1.29 is 17.9 Å². The van der Waals surface area contributed by atoms with Gasteiger partial charge in [-0.2, -0.15) is 0 Å². The second kappa shape index (κ2) is 7.40. The van der Waals surface area contributed by atoms with E-state index in [0.717, 1.165) is 5.56 Å². The van der Waals surface area contributed by atoms with Gasteiger partial charge in [-0.05, 0) is 18.9 Å². The molecule has 0 fully saturated rings. The summed E-state index contributed by atoms with van der Waals surface area (Å²) in [5.74, 6) is -0.0384. The Hall–Kier alpha value is -1.20. The number of Topliss-reactive ketones (excluding diaryl/α,β-unsaturated/α-hetero) is 1. The zero-order valence-electron chi connectivity index (χ0n) is 11.3. The minimum Gasteiger partial charge on any atom is -0.366 e. The predicted octanol–water partition coefficient (Wildman–Crippen LogP) is 2.16. The molecule has 0 saturated carbocycles. The van der Waals surface area contributed by atoms with Gasteiger partial charge >= 0.3 is 0 Å². The maximum Gasteiger partial charge on any atom is 0.166 e. The number of hydrogen-bond donors (Lipinski definition) is 0. The fourth-order valence-electron chi connectivity index (χ4n) is 1.81. The number of ether oxygens (including phenoxy) is 1. The van der Waals surface area contributed by atoms with E-state index in [9.17, 15) is 13.2 Å². The third-order valence-electron chi connectivity index (χ3n) is 2.67. The number of carbonyl (C=O) groups excluding carboxylic acids is 1. The molecule has 0 aliphatic carbocycles. The van der Waals surface area contributed by atoms with Crippen LogP contribution >= 0.6 is 0 Å². The Kier molecular flexibility index (Phi) is 6.18. The molecule has 0 amide bonds. The fraction of sp³-hybridized carbons (Fsp3) is 0.500. The first-order valence-corrected chi connectivity index (χ1v) is 8.37. The highest BCUT2D eigenvalue weighted by atomic mass is 32.2. The molecule has 1 aromatic rings. The molecule has 0 saturated heterocycles. The number of hydrogen-bond acceptors (Lipinski definition) is 4. The fourth-order valence-corrected chi connectivity index (χ4v) is 2.48. The molecule has 0 aromatic heterocycles. The zero-order valence-corrected chi connectivity index (χ0v) is 12.2. The number of benzene rings is 1. The quantitative estimate of drug-likeness (QED) is 0.734. The van der Waals surface area contributed by atoms with Gasteiger partial charge in [-0.3, -0.25) is 4.79 Å². The highest BCUT2D eigenvalue weighted by Crippen LogP contribution is 2.20. The lowest BCUT2D eigenvalue weighted by Gasteiger charge is -2.16. The number of carbonyl (C=O) groups is 1. The van der Waals surface area contributed by atoms with Crippen molar-refractivity contribution in [2.24, 2.45) is 0 Å². The average Bonchev–Trinajstić information content (AvgIpc) is 2.35. The Bertz CT molecular complexity index is 493. The van der Waals surface area contributed by atoms with Crippen LogP contribution in [0.5, 0.6) is 0 Å². The van der Waals surface area contributed by atoms with Gasteiger partial charge in [0.15, 0.2) is 5.78 Å². The van der Waals surface area contributed by atoms with Gasteiger partial charge in [0, 0.05) is 19.3 Å². The van der Waals surface area contributed by atoms with Crippen molar-refractivity contribution in [3.05, 3.63) is 35.9 Å². The summed E-state index contributed by atoms with van der Waals surface area (Å²) >= 11 is 0. The van der Waals surface area contributed by atoms with Crippen molar-refractivity contribution in [1.29, 1.82) is 0 Å². The SMILES string of the molecule is CCOC(C(=O)CCCS(C)(=O)=O)c1ccccc1. The van der Waals surface area contributed by atoms with Gasteiger partial charge in [0.25, 0.3) is 0 Å². The van der Waals surface area contributed by atoms with E-state index in [1.54, 1.807) is 0 Å². The van der Waals surface area contributed by atoms with Crippen molar-refractivity contribution in [2.45, 2.75) is 25.9 Å². The summed E-state index contributed by atoms with van der Waals surface area (Å²) in [4.78, 5) is 12.1. The molecule has 0 heterocycles. The van der Waals surface area contributed by atoms with Crippen LogP contribution in [0.2, 0.25) is 0 Å². The molecule has 0 bridgehead atoms. The van der Waals surface area contributed by atoms with E-state index in [4.69, 9.17) is 4.74 Å². The minimum absolute atomic E-state index is 0.0341. The average molecular weight is 284 g/mol. The van der Waals surface area contributed by atoms with Gasteiger partial charge in [0.2, 0.25) is 0 Å². The van der Waals surface area contributed by atoms with Crippen molar-refractivity contribution in [3.8, 4) is 0 Å². The molecule has 4 nitrogen and oxygen atoms in total. The Morgan fingerprint density at radius 2 is 1.89 bits per heavy atom.